The van der Waals surface area contributed by atoms with Crippen LogP contribution in [0.3, 0.4) is 0 Å². The van der Waals surface area contributed by atoms with Crippen LogP contribution in [0.4, 0.5) is 15.0 Å². The lowest BCUT2D eigenvalue weighted by Crippen LogP contribution is -2.27. The number of pyridine rings is 2. The van der Waals surface area contributed by atoms with Crippen molar-refractivity contribution in [3.63, 3.8) is 0 Å². The number of hydrogen-bond donors (Lipinski definition) is 1. The minimum atomic E-state index is -0.815. The molecular weight excluding hydrogens is 441 g/mol. The predicted octanol–water partition coefficient (Wildman–Crippen LogP) is 4.70. The average molecular weight is 462 g/mol. The van der Waals surface area contributed by atoms with E-state index in [2.05, 4.69) is 10.3 Å². The van der Waals surface area contributed by atoms with Gasteiger partial charge in [-0.1, -0.05) is 11.6 Å². The smallest absolute Gasteiger partial charge is 0.413 e. The summed E-state index contributed by atoms with van der Waals surface area (Å²) in [7, 11) is 0. The fraction of sp³-hybridized carbons (Fsp3) is 0.273. The number of carbonyl (C=O) groups is 2. The van der Waals surface area contributed by atoms with Crippen LogP contribution in [0.15, 0.2) is 41.5 Å². The molecule has 1 aromatic carbocycles. The van der Waals surface area contributed by atoms with Crippen molar-refractivity contribution in [2.24, 2.45) is 0 Å². The van der Waals surface area contributed by atoms with Crippen molar-refractivity contribution in [1.82, 2.24) is 9.55 Å². The van der Waals surface area contributed by atoms with Crippen LogP contribution >= 0.6 is 11.6 Å². The number of hydrogen-bond acceptors (Lipinski definition) is 6. The molecule has 3 rings (SSSR count). The summed E-state index contributed by atoms with van der Waals surface area (Å²) in [6.07, 6.45) is 1.97. The molecule has 3 aromatic rings. The molecule has 0 spiro atoms. The number of aromatic nitrogens is 2. The lowest BCUT2D eigenvalue weighted by atomic mass is 10.1. The van der Waals surface area contributed by atoms with Gasteiger partial charge in [0.15, 0.2) is 0 Å². The van der Waals surface area contributed by atoms with Gasteiger partial charge in [-0.2, -0.15) is 0 Å². The molecule has 1 amide bonds. The molecule has 2 heterocycles. The largest absolute Gasteiger partial charge is 0.462 e. The van der Waals surface area contributed by atoms with Gasteiger partial charge in [0, 0.05) is 17.6 Å². The number of benzene rings is 1. The highest BCUT2D eigenvalue weighted by molar-refractivity contribution is 6.31. The number of amides is 1. The number of carbonyl (C=O) groups excluding carboxylic acids is 2. The molecule has 0 fully saturated rings. The van der Waals surface area contributed by atoms with E-state index in [1.165, 1.54) is 29.1 Å². The van der Waals surface area contributed by atoms with Crippen LogP contribution in [0, 0.1) is 5.82 Å². The highest BCUT2D eigenvalue weighted by Gasteiger charge is 2.20. The second kappa shape index (κ2) is 8.96. The zero-order valence-corrected chi connectivity index (χ0v) is 18.6. The number of halogens is 2. The number of ether oxygens (including phenoxy) is 2. The molecule has 0 saturated carbocycles. The highest BCUT2D eigenvalue weighted by Crippen LogP contribution is 2.24. The van der Waals surface area contributed by atoms with Crippen molar-refractivity contribution in [1.29, 1.82) is 0 Å². The zero-order chi connectivity index (χ0) is 23.6. The molecule has 2 aromatic heterocycles. The molecule has 0 bridgehead atoms. The van der Waals surface area contributed by atoms with Crippen molar-refractivity contribution in [3.8, 4) is 5.69 Å². The molecule has 0 aliphatic rings. The van der Waals surface area contributed by atoms with E-state index in [1.54, 1.807) is 33.8 Å². The molecule has 1 N–H and O–H groups in total. The second-order valence-corrected chi connectivity index (χ2v) is 8.18. The molecular formula is C22H21ClFN3O5. The van der Waals surface area contributed by atoms with E-state index in [4.69, 9.17) is 21.1 Å². The van der Waals surface area contributed by atoms with Crippen LogP contribution in [0.25, 0.3) is 16.6 Å². The van der Waals surface area contributed by atoms with Gasteiger partial charge in [0.1, 0.15) is 22.8 Å². The fourth-order valence-corrected chi connectivity index (χ4v) is 3.06. The molecule has 32 heavy (non-hydrogen) atoms. The van der Waals surface area contributed by atoms with E-state index in [9.17, 15) is 18.8 Å². The number of fused-ring (bicyclic) bond motifs is 1. The topological polar surface area (TPSA) is 99.5 Å². The van der Waals surface area contributed by atoms with Gasteiger partial charge in [0.2, 0.25) is 5.43 Å². The third-order valence-electron chi connectivity index (χ3n) is 4.20. The summed E-state index contributed by atoms with van der Waals surface area (Å²) in [4.78, 5) is 41.2. The van der Waals surface area contributed by atoms with Crippen molar-refractivity contribution in [3.05, 3.63) is 63.3 Å². The quantitative estimate of drug-likeness (QED) is 0.565. The van der Waals surface area contributed by atoms with Crippen LogP contribution in [0.1, 0.15) is 38.1 Å². The predicted molar refractivity (Wildman–Crippen MR) is 118 cm³/mol. The molecule has 168 valence electrons. The molecule has 0 saturated heterocycles. The van der Waals surface area contributed by atoms with Crippen molar-refractivity contribution in [2.75, 3.05) is 11.9 Å². The Balaban J connectivity index is 2.08. The summed E-state index contributed by atoms with van der Waals surface area (Å²) in [6.45, 7) is 6.89. The van der Waals surface area contributed by atoms with E-state index in [0.717, 1.165) is 6.07 Å². The van der Waals surface area contributed by atoms with Crippen molar-refractivity contribution in [2.45, 2.75) is 33.3 Å². The molecule has 0 aliphatic heterocycles. The highest BCUT2D eigenvalue weighted by atomic mass is 35.5. The first-order chi connectivity index (χ1) is 15.0. The van der Waals surface area contributed by atoms with Gasteiger partial charge in [0.05, 0.1) is 29.0 Å². The maximum atomic E-state index is 14.2. The van der Waals surface area contributed by atoms with E-state index in [0.29, 0.717) is 5.69 Å². The van der Waals surface area contributed by atoms with E-state index in [-0.39, 0.29) is 33.9 Å². The van der Waals surface area contributed by atoms with Crippen molar-refractivity contribution < 1.29 is 23.5 Å². The number of anilines is 1. The number of rotatable bonds is 4. The fourth-order valence-electron chi connectivity index (χ4n) is 2.90. The zero-order valence-electron chi connectivity index (χ0n) is 17.9. The van der Waals surface area contributed by atoms with Crippen LogP contribution < -0.4 is 10.7 Å². The average Bonchev–Trinajstić information content (AvgIpc) is 2.69. The second-order valence-electron chi connectivity index (χ2n) is 7.77. The normalized spacial score (nSPS) is 11.3. The Morgan fingerprint density at radius 3 is 2.56 bits per heavy atom. The minimum absolute atomic E-state index is 0.0397. The molecule has 0 unspecified atom stereocenters. The summed E-state index contributed by atoms with van der Waals surface area (Å²) in [6, 6.07) is 5.34. The molecule has 0 radical (unpaired) electrons. The summed E-state index contributed by atoms with van der Waals surface area (Å²) in [5.74, 6) is -1.33. The van der Waals surface area contributed by atoms with Crippen LogP contribution in [-0.4, -0.2) is 33.8 Å². The SMILES string of the molecule is CCOC(=O)c1cn(-c2ccc(NC(=O)OC(C)(C)C)nc2)c2cc(F)c(Cl)cc2c1=O. The Kier molecular flexibility index (Phi) is 6.50. The van der Waals surface area contributed by atoms with Gasteiger partial charge in [-0.3, -0.25) is 10.1 Å². The van der Waals surface area contributed by atoms with E-state index < -0.39 is 28.9 Å². The standard InChI is InChI=1S/C22H21ClFN3O5/c1-5-31-20(29)14-11-27(17-9-16(24)15(23)8-13(17)19(14)28)12-6-7-18(25-10-12)26-21(30)32-22(2,3)4/h6-11H,5H2,1-4H3,(H,25,26,30). The van der Waals surface area contributed by atoms with Crippen LogP contribution in [0.5, 0.6) is 0 Å². The number of nitrogens with zero attached hydrogens (tertiary/aromatic N) is 2. The summed E-state index contributed by atoms with van der Waals surface area (Å²) >= 11 is 5.86. The third-order valence-corrected chi connectivity index (χ3v) is 4.49. The number of nitrogens with one attached hydrogen (secondary N) is 1. The Labute approximate surface area is 187 Å². The summed E-state index contributed by atoms with van der Waals surface area (Å²) in [5.41, 5.74) is -0.962. The maximum absolute atomic E-state index is 14.2. The van der Waals surface area contributed by atoms with Gasteiger partial charge in [-0.15, -0.1) is 0 Å². The minimum Gasteiger partial charge on any atom is -0.462 e. The van der Waals surface area contributed by atoms with Gasteiger partial charge >= 0.3 is 12.1 Å². The molecule has 8 nitrogen and oxygen atoms in total. The van der Waals surface area contributed by atoms with Gasteiger partial charge in [-0.25, -0.2) is 19.0 Å². The first kappa shape index (κ1) is 23.2. The van der Waals surface area contributed by atoms with E-state index >= 15 is 0 Å². The first-order valence-corrected chi connectivity index (χ1v) is 10.1. The Morgan fingerprint density at radius 1 is 1.25 bits per heavy atom. The maximum Gasteiger partial charge on any atom is 0.413 e. The molecule has 10 heteroatoms. The Hall–Kier alpha value is -3.46. The monoisotopic (exact) mass is 461 g/mol. The number of esters is 1. The van der Waals surface area contributed by atoms with E-state index in [1.807, 2.05) is 0 Å². The third kappa shape index (κ3) is 5.05. The van der Waals surface area contributed by atoms with Crippen LogP contribution in [-0.2, 0) is 9.47 Å². The first-order valence-electron chi connectivity index (χ1n) is 9.68. The van der Waals surface area contributed by atoms with Crippen molar-refractivity contribution >= 4 is 40.4 Å². The Bertz CT molecular complexity index is 1250. The lowest BCUT2D eigenvalue weighted by Gasteiger charge is -2.19. The van der Waals surface area contributed by atoms with Crippen LogP contribution in [0.2, 0.25) is 5.02 Å². The van der Waals surface area contributed by atoms with Gasteiger partial charge in [0.25, 0.3) is 0 Å². The van der Waals surface area contributed by atoms with Gasteiger partial charge < -0.3 is 14.0 Å². The Morgan fingerprint density at radius 2 is 1.97 bits per heavy atom. The molecule has 0 atom stereocenters. The van der Waals surface area contributed by atoms with Gasteiger partial charge in [-0.05, 0) is 45.9 Å². The lowest BCUT2D eigenvalue weighted by molar-refractivity contribution is 0.0523. The summed E-state index contributed by atoms with van der Waals surface area (Å²) in [5, 5.41) is 2.29. The summed E-state index contributed by atoms with van der Waals surface area (Å²) < 4.78 is 25.8. The molecule has 0 aliphatic carbocycles.